The molecule has 0 unspecified atom stereocenters. The number of ether oxygens (including phenoxy) is 3. The highest BCUT2D eigenvalue weighted by atomic mass is 35.5. The van der Waals surface area contributed by atoms with Crippen LogP contribution in [-0.2, 0) is 25.7 Å². The van der Waals surface area contributed by atoms with Crippen molar-refractivity contribution in [1.29, 1.82) is 0 Å². The van der Waals surface area contributed by atoms with Crippen LogP contribution in [0.5, 0.6) is 11.5 Å². The fourth-order valence-corrected chi connectivity index (χ4v) is 7.96. The molecule has 0 aromatic heterocycles. The van der Waals surface area contributed by atoms with Crippen molar-refractivity contribution in [3.8, 4) is 11.5 Å². The number of piperazine rings is 1. The molecule has 3 aliphatic heterocycles. The Kier molecular flexibility index (Phi) is 11.1. The zero-order valence-corrected chi connectivity index (χ0v) is 30.9. The molecule has 7 rings (SSSR count). The van der Waals surface area contributed by atoms with Gasteiger partial charge in [0.15, 0.2) is 0 Å². The van der Waals surface area contributed by atoms with E-state index in [4.69, 9.17) is 37.4 Å². The lowest BCUT2D eigenvalue weighted by Gasteiger charge is -2.45. The summed E-state index contributed by atoms with van der Waals surface area (Å²) in [5.41, 5.74) is 5.73. The third-order valence-corrected chi connectivity index (χ3v) is 11.2. The second-order valence-corrected chi connectivity index (χ2v) is 15.0. The predicted octanol–water partition coefficient (Wildman–Crippen LogP) is 5.49. The van der Waals surface area contributed by atoms with Crippen LogP contribution in [0, 0.1) is 13.8 Å². The summed E-state index contributed by atoms with van der Waals surface area (Å²) in [6, 6.07) is 18.6. The number of halogens is 2. The Morgan fingerprint density at radius 3 is 2.46 bits per heavy atom. The van der Waals surface area contributed by atoms with Crippen LogP contribution in [0.15, 0.2) is 66.2 Å². The van der Waals surface area contributed by atoms with Gasteiger partial charge in [-0.2, -0.15) is 0 Å². The van der Waals surface area contributed by atoms with E-state index < -0.39 is 6.04 Å². The Morgan fingerprint density at radius 1 is 0.962 bits per heavy atom. The third kappa shape index (κ3) is 8.10. The normalized spacial score (nSPS) is 22.6. The zero-order valence-electron chi connectivity index (χ0n) is 29.4. The van der Waals surface area contributed by atoms with Crippen LogP contribution in [0.3, 0.4) is 0 Å². The summed E-state index contributed by atoms with van der Waals surface area (Å²) in [6.07, 6.45) is 2.55. The molecular formula is C40H44Cl2N4O6. The third-order valence-electron chi connectivity index (χ3n) is 10.5. The highest BCUT2D eigenvalue weighted by Crippen LogP contribution is 2.38. The van der Waals surface area contributed by atoms with Crippen molar-refractivity contribution in [3.63, 3.8) is 0 Å². The van der Waals surface area contributed by atoms with Gasteiger partial charge in [0, 0.05) is 55.3 Å². The van der Waals surface area contributed by atoms with Gasteiger partial charge in [0.25, 0.3) is 12.4 Å². The number of amides is 2. The van der Waals surface area contributed by atoms with Crippen molar-refractivity contribution in [2.24, 2.45) is 0 Å². The summed E-state index contributed by atoms with van der Waals surface area (Å²) in [7, 11) is 0. The van der Waals surface area contributed by atoms with E-state index in [1.165, 1.54) is 0 Å². The van der Waals surface area contributed by atoms with E-state index in [1.807, 2.05) is 84.3 Å². The maximum atomic E-state index is 14.8. The van der Waals surface area contributed by atoms with Gasteiger partial charge < -0.3 is 34.6 Å². The number of carbonyl (C=O) groups is 3. The van der Waals surface area contributed by atoms with Crippen molar-refractivity contribution in [2.75, 3.05) is 32.8 Å². The van der Waals surface area contributed by atoms with Gasteiger partial charge in [-0.05, 0) is 91.3 Å². The number of fused-ring (bicyclic) bond motifs is 2. The van der Waals surface area contributed by atoms with Crippen molar-refractivity contribution >= 4 is 47.1 Å². The first kappa shape index (κ1) is 36.3. The van der Waals surface area contributed by atoms with Crippen LogP contribution in [0.4, 0.5) is 0 Å². The molecule has 3 heterocycles. The van der Waals surface area contributed by atoms with Crippen LogP contribution >= 0.6 is 23.2 Å². The number of benzene rings is 3. The van der Waals surface area contributed by atoms with Gasteiger partial charge in [0.2, 0.25) is 5.91 Å². The molecule has 1 saturated carbocycles. The average Bonchev–Trinajstić information content (AvgIpc) is 3.88. The summed E-state index contributed by atoms with van der Waals surface area (Å²) in [5.74, 6) is 1.25. The molecule has 4 atom stereocenters. The van der Waals surface area contributed by atoms with Gasteiger partial charge in [-0.15, -0.1) is 0 Å². The molecule has 2 amide bonds. The van der Waals surface area contributed by atoms with E-state index in [2.05, 4.69) is 10.6 Å². The number of carbonyl (C=O) groups excluding carboxylic acids is 3. The minimum atomic E-state index is -0.439. The number of nitrogens with zero attached hydrogens (tertiary/aromatic N) is 2. The first-order valence-electron chi connectivity index (χ1n) is 18.0. The van der Waals surface area contributed by atoms with Gasteiger partial charge in [0.1, 0.15) is 30.8 Å². The van der Waals surface area contributed by atoms with Crippen LogP contribution in [0.2, 0.25) is 10.0 Å². The van der Waals surface area contributed by atoms with Gasteiger partial charge in [0.05, 0.1) is 17.1 Å². The number of rotatable bonds is 13. The number of hydrogen-bond acceptors (Lipinski definition) is 8. The smallest absolute Gasteiger partial charge is 0.293 e. The molecule has 0 radical (unpaired) electrons. The molecule has 2 saturated heterocycles. The lowest BCUT2D eigenvalue weighted by Crippen LogP contribution is -2.63. The summed E-state index contributed by atoms with van der Waals surface area (Å²) in [4.78, 5) is 43.3. The standard InChI is InChI=1S/C40H44Cl2N4O6/c1-24-15-34(42)37(16-25(24)2)51-14-13-50-30-11-7-26(8-12-30)32-17-28-21-45(39(48)35-18-31(19-43-35)52-23-47)22-36(44-28)38(32)40(49)46(29-9-10-29)20-27-5-3-4-6-33(27)41/h3-8,11-12,15-16,23,28-29,31,35-36,43-44H,9-10,13-14,17-22H2,1-2H3/t28-,31-,35+,36-/m1/s1. The molecule has 0 spiro atoms. The molecule has 274 valence electrons. The maximum absolute atomic E-state index is 14.8. The Bertz CT molecular complexity index is 1850. The fourth-order valence-electron chi connectivity index (χ4n) is 7.49. The molecule has 10 nitrogen and oxygen atoms in total. The first-order chi connectivity index (χ1) is 25.2. The van der Waals surface area contributed by atoms with E-state index in [0.717, 1.165) is 40.7 Å². The van der Waals surface area contributed by atoms with Gasteiger partial charge in [-0.3, -0.25) is 14.4 Å². The van der Waals surface area contributed by atoms with Crippen LogP contribution in [0.25, 0.3) is 5.57 Å². The van der Waals surface area contributed by atoms with Crippen LogP contribution < -0.4 is 20.1 Å². The van der Waals surface area contributed by atoms with E-state index in [-0.39, 0.29) is 36.0 Å². The van der Waals surface area contributed by atoms with Crippen molar-refractivity contribution in [3.05, 3.63) is 98.5 Å². The molecule has 2 bridgehead atoms. The Hall–Kier alpha value is -4.09. The number of nitrogens with one attached hydrogen (secondary N) is 2. The van der Waals surface area contributed by atoms with Crippen molar-refractivity contribution in [2.45, 2.75) is 76.3 Å². The second kappa shape index (κ2) is 15.9. The summed E-state index contributed by atoms with van der Waals surface area (Å²) < 4.78 is 17.0. The van der Waals surface area contributed by atoms with Crippen LogP contribution in [-0.4, -0.2) is 91.2 Å². The lowest BCUT2D eigenvalue weighted by molar-refractivity contribution is -0.137. The highest BCUT2D eigenvalue weighted by molar-refractivity contribution is 6.32. The predicted molar refractivity (Wildman–Crippen MR) is 200 cm³/mol. The first-order valence-corrected chi connectivity index (χ1v) is 18.7. The van der Waals surface area contributed by atoms with E-state index in [1.54, 1.807) is 0 Å². The lowest BCUT2D eigenvalue weighted by atomic mass is 9.82. The van der Waals surface area contributed by atoms with Gasteiger partial charge in [-0.1, -0.05) is 53.5 Å². The Labute approximate surface area is 314 Å². The minimum absolute atomic E-state index is 0.0378. The summed E-state index contributed by atoms with van der Waals surface area (Å²) in [6.45, 7) is 6.85. The zero-order chi connectivity index (χ0) is 36.4. The number of aryl methyl sites for hydroxylation is 2. The molecule has 3 aromatic rings. The fraction of sp³-hybridized carbons (Fsp3) is 0.425. The Morgan fingerprint density at radius 2 is 1.71 bits per heavy atom. The van der Waals surface area contributed by atoms with Crippen molar-refractivity contribution < 1.29 is 28.6 Å². The van der Waals surface area contributed by atoms with E-state index in [9.17, 15) is 14.4 Å². The maximum Gasteiger partial charge on any atom is 0.293 e. The molecule has 52 heavy (non-hydrogen) atoms. The number of hydrogen-bond donors (Lipinski definition) is 2. The largest absolute Gasteiger partial charge is 0.490 e. The van der Waals surface area contributed by atoms with E-state index in [0.29, 0.717) is 85.8 Å². The molecule has 12 heteroatoms. The highest BCUT2D eigenvalue weighted by Gasteiger charge is 2.45. The quantitative estimate of drug-likeness (QED) is 0.175. The Balaban J connectivity index is 1.11. The molecule has 2 N–H and O–H groups in total. The molecule has 3 fully saturated rings. The molecule has 1 aliphatic carbocycles. The summed E-state index contributed by atoms with van der Waals surface area (Å²) in [5, 5.41) is 8.10. The molecule has 3 aromatic carbocycles. The van der Waals surface area contributed by atoms with Gasteiger partial charge in [-0.25, -0.2) is 0 Å². The molecule has 4 aliphatic rings. The SMILES string of the molecule is Cc1cc(Cl)c(OCCOc2ccc(C3=C(C(=O)N(Cc4ccccc4Cl)C4CC4)[C@H]4CN(C(=O)[C@@H]5C[C@@H](OC=O)CN5)C[C@@H](C3)N4)cc2)cc1C. The minimum Gasteiger partial charge on any atom is -0.490 e. The summed E-state index contributed by atoms with van der Waals surface area (Å²) >= 11 is 13.0. The van der Waals surface area contributed by atoms with Gasteiger partial charge >= 0.3 is 0 Å². The topological polar surface area (TPSA) is 109 Å². The van der Waals surface area contributed by atoms with Crippen molar-refractivity contribution in [1.82, 2.24) is 20.4 Å². The van der Waals surface area contributed by atoms with Crippen LogP contribution in [0.1, 0.15) is 47.9 Å². The average molecular weight is 748 g/mol. The monoisotopic (exact) mass is 746 g/mol. The molecular weight excluding hydrogens is 703 g/mol. The van der Waals surface area contributed by atoms with E-state index >= 15 is 0 Å². The second-order valence-electron chi connectivity index (χ2n) is 14.2.